The average molecular weight is 376 g/mol. The van der Waals surface area contributed by atoms with Crippen LogP contribution < -0.4 is 10.6 Å². The standard InChI is InChI=1S/C21H20N4OS/c1-14-5-7-15(8-6-14)20-24-16(13-27-20)9-11-23-21(26)25-19-4-2-3-18-17(19)10-12-22-18/h2-8,10,12-13,22H,9,11H2,1H3,(H2,23,25,26). The molecule has 0 fully saturated rings. The Morgan fingerprint density at radius 3 is 2.85 bits per heavy atom. The number of anilines is 1. The predicted molar refractivity (Wildman–Crippen MR) is 111 cm³/mol. The number of aryl methyl sites for hydroxylation is 1. The molecule has 2 amide bonds. The molecule has 0 aliphatic heterocycles. The number of urea groups is 1. The Balaban J connectivity index is 1.31. The number of nitrogens with zero attached hydrogens (tertiary/aromatic N) is 1. The lowest BCUT2D eigenvalue weighted by Crippen LogP contribution is -2.30. The topological polar surface area (TPSA) is 69.8 Å². The Labute approximate surface area is 161 Å². The normalized spacial score (nSPS) is 10.9. The molecule has 0 saturated heterocycles. The van der Waals surface area contributed by atoms with E-state index in [0.717, 1.165) is 32.9 Å². The van der Waals surface area contributed by atoms with Crippen LogP contribution in [-0.2, 0) is 6.42 Å². The maximum Gasteiger partial charge on any atom is 0.319 e. The molecule has 0 aliphatic carbocycles. The Kier molecular flexibility index (Phi) is 4.89. The number of fused-ring (bicyclic) bond motifs is 1. The highest BCUT2D eigenvalue weighted by Crippen LogP contribution is 2.24. The summed E-state index contributed by atoms with van der Waals surface area (Å²) in [6.07, 6.45) is 2.56. The van der Waals surface area contributed by atoms with Gasteiger partial charge in [0.1, 0.15) is 5.01 Å². The van der Waals surface area contributed by atoms with Crippen molar-refractivity contribution in [2.24, 2.45) is 0 Å². The third kappa shape index (κ3) is 4.01. The molecule has 2 aromatic heterocycles. The van der Waals surface area contributed by atoms with E-state index in [1.54, 1.807) is 11.3 Å². The first-order valence-corrected chi connectivity index (χ1v) is 9.69. The fourth-order valence-corrected chi connectivity index (χ4v) is 3.78. The second-order valence-electron chi connectivity index (χ2n) is 6.39. The van der Waals surface area contributed by atoms with Crippen LogP contribution in [0.25, 0.3) is 21.5 Å². The van der Waals surface area contributed by atoms with Gasteiger partial charge in [-0.25, -0.2) is 9.78 Å². The molecule has 0 spiro atoms. The molecule has 2 aromatic carbocycles. The maximum absolute atomic E-state index is 12.2. The molecule has 0 saturated carbocycles. The van der Waals surface area contributed by atoms with Crippen LogP contribution in [0.15, 0.2) is 60.1 Å². The van der Waals surface area contributed by atoms with Gasteiger partial charge in [0.25, 0.3) is 0 Å². The summed E-state index contributed by atoms with van der Waals surface area (Å²) in [6.45, 7) is 2.61. The van der Waals surface area contributed by atoms with Crippen molar-refractivity contribution in [1.29, 1.82) is 0 Å². The van der Waals surface area contributed by atoms with Crippen LogP contribution >= 0.6 is 11.3 Å². The van der Waals surface area contributed by atoms with Gasteiger partial charge in [-0.15, -0.1) is 11.3 Å². The zero-order chi connectivity index (χ0) is 18.6. The van der Waals surface area contributed by atoms with Gasteiger partial charge >= 0.3 is 6.03 Å². The molecule has 6 heteroatoms. The first-order valence-electron chi connectivity index (χ1n) is 8.81. The highest BCUT2D eigenvalue weighted by molar-refractivity contribution is 7.13. The highest BCUT2D eigenvalue weighted by Gasteiger charge is 2.08. The van der Waals surface area contributed by atoms with Crippen molar-refractivity contribution >= 4 is 34.0 Å². The second kappa shape index (κ2) is 7.63. The number of benzene rings is 2. The van der Waals surface area contributed by atoms with Gasteiger partial charge in [0.05, 0.1) is 11.4 Å². The van der Waals surface area contributed by atoms with Crippen molar-refractivity contribution in [3.05, 3.63) is 71.4 Å². The zero-order valence-electron chi connectivity index (χ0n) is 15.0. The van der Waals surface area contributed by atoms with Crippen molar-refractivity contribution in [3.8, 4) is 10.6 Å². The summed E-state index contributed by atoms with van der Waals surface area (Å²) < 4.78 is 0. The summed E-state index contributed by atoms with van der Waals surface area (Å²) >= 11 is 1.63. The largest absolute Gasteiger partial charge is 0.361 e. The van der Waals surface area contributed by atoms with Crippen LogP contribution in [0.3, 0.4) is 0 Å². The number of rotatable bonds is 5. The molecule has 4 aromatic rings. The van der Waals surface area contributed by atoms with Gasteiger partial charge in [-0.3, -0.25) is 0 Å². The molecular weight excluding hydrogens is 356 g/mol. The summed E-state index contributed by atoms with van der Waals surface area (Å²) in [5.74, 6) is 0. The summed E-state index contributed by atoms with van der Waals surface area (Å²) in [4.78, 5) is 20.0. The van der Waals surface area contributed by atoms with Crippen molar-refractivity contribution in [2.75, 3.05) is 11.9 Å². The first kappa shape index (κ1) is 17.3. The minimum absolute atomic E-state index is 0.210. The highest BCUT2D eigenvalue weighted by atomic mass is 32.1. The number of hydrogen-bond donors (Lipinski definition) is 3. The number of carbonyl (C=O) groups is 1. The molecule has 0 aliphatic rings. The quantitative estimate of drug-likeness (QED) is 0.460. The van der Waals surface area contributed by atoms with Gasteiger partial charge in [0, 0.05) is 41.0 Å². The molecule has 27 heavy (non-hydrogen) atoms. The van der Waals surface area contributed by atoms with Gasteiger partial charge in [0.15, 0.2) is 0 Å². The Bertz CT molecular complexity index is 1070. The van der Waals surface area contributed by atoms with E-state index < -0.39 is 0 Å². The van der Waals surface area contributed by atoms with E-state index in [9.17, 15) is 4.79 Å². The third-order valence-corrected chi connectivity index (χ3v) is 5.30. The van der Waals surface area contributed by atoms with Crippen molar-refractivity contribution in [3.63, 3.8) is 0 Å². The third-order valence-electron chi connectivity index (χ3n) is 4.36. The maximum atomic E-state index is 12.2. The lowest BCUT2D eigenvalue weighted by molar-refractivity contribution is 0.252. The van der Waals surface area contributed by atoms with Gasteiger partial charge in [-0.2, -0.15) is 0 Å². The summed E-state index contributed by atoms with van der Waals surface area (Å²) in [5.41, 5.74) is 5.15. The van der Waals surface area contributed by atoms with E-state index in [-0.39, 0.29) is 6.03 Å². The molecule has 0 atom stereocenters. The number of amides is 2. The Hall–Kier alpha value is -3.12. The van der Waals surface area contributed by atoms with Gasteiger partial charge in [-0.1, -0.05) is 35.9 Å². The summed E-state index contributed by atoms with van der Waals surface area (Å²) in [7, 11) is 0. The van der Waals surface area contributed by atoms with Crippen molar-refractivity contribution in [2.45, 2.75) is 13.3 Å². The van der Waals surface area contributed by atoms with E-state index in [0.29, 0.717) is 13.0 Å². The second-order valence-corrected chi connectivity index (χ2v) is 7.24. The van der Waals surface area contributed by atoms with Gasteiger partial charge < -0.3 is 15.6 Å². The van der Waals surface area contributed by atoms with Crippen LogP contribution in [0.2, 0.25) is 0 Å². The van der Waals surface area contributed by atoms with Crippen LogP contribution in [0.1, 0.15) is 11.3 Å². The monoisotopic (exact) mass is 376 g/mol. The molecular formula is C21H20N4OS. The van der Waals surface area contributed by atoms with Crippen molar-refractivity contribution in [1.82, 2.24) is 15.3 Å². The lowest BCUT2D eigenvalue weighted by atomic mass is 10.2. The molecule has 5 nitrogen and oxygen atoms in total. The molecule has 0 radical (unpaired) electrons. The minimum Gasteiger partial charge on any atom is -0.361 e. The van der Waals surface area contributed by atoms with E-state index in [2.05, 4.69) is 57.2 Å². The van der Waals surface area contributed by atoms with Crippen molar-refractivity contribution < 1.29 is 4.79 Å². The Morgan fingerprint density at radius 1 is 1.15 bits per heavy atom. The van der Waals surface area contributed by atoms with E-state index in [1.165, 1.54) is 5.56 Å². The SMILES string of the molecule is Cc1ccc(-c2nc(CCNC(=O)Nc3cccc4[nH]ccc34)cs2)cc1. The van der Waals surface area contributed by atoms with E-state index in [1.807, 2.05) is 30.5 Å². The molecule has 0 bridgehead atoms. The number of carbonyl (C=O) groups excluding carboxylic acids is 1. The zero-order valence-corrected chi connectivity index (χ0v) is 15.8. The molecule has 136 valence electrons. The first-order chi connectivity index (χ1) is 13.2. The number of aromatic nitrogens is 2. The number of thiazole rings is 1. The molecule has 2 heterocycles. The van der Waals surface area contributed by atoms with Crippen LogP contribution in [0, 0.1) is 6.92 Å². The minimum atomic E-state index is -0.210. The number of hydrogen-bond acceptors (Lipinski definition) is 3. The summed E-state index contributed by atoms with van der Waals surface area (Å²) in [6, 6.07) is 15.9. The van der Waals surface area contributed by atoms with Crippen LogP contribution in [-0.4, -0.2) is 22.5 Å². The fourth-order valence-electron chi connectivity index (χ4n) is 2.92. The van der Waals surface area contributed by atoms with Gasteiger partial charge in [0.2, 0.25) is 0 Å². The Morgan fingerprint density at radius 2 is 2.00 bits per heavy atom. The number of H-pyrrole nitrogens is 1. The van der Waals surface area contributed by atoms with E-state index in [4.69, 9.17) is 0 Å². The van der Waals surface area contributed by atoms with Gasteiger partial charge in [-0.05, 0) is 25.1 Å². The fraction of sp³-hybridized carbons (Fsp3) is 0.143. The van der Waals surface area contributed by atoms with Crippen LogP contribution in [0.4, 0.5) is 10.5 Å². The lowest BCUT2D eigenvalue weighted by Gasteiger charge is -2.08. The molecule has 4 rings (SSSR count). The average Bonchev–Trinajstić information content (AvgIpc) is 3.32. The summed E-state index contributed by atoms with van der Waals surface area (Å²) in [5, 5.41) is 9.86. The molecule has 3 N–H and O–H groups in total. The molecule has 0 unspecified atom stereocenters. The number of aromatic amines is 1. The predicted octanol–water partition coefficient (Wildman–Crippen LogP) is 4.96. The van der Waals surface area contributed by atoms with Crippen LogP contribution in [0.5, 0.6) is 0 Å². The van der Waals surface area contributed by atoms with E-state index >= 15 is 0 Å². The smallest absolute Gasteiger partial charge is 0.319 e. The number of nitrogens with one attached hydrogen (secondary N) is 3.